The van der Waals surface area contributed by atoms with Crippen molar-refractivity contribution in [2.24, 2.45) is 10.2 Å². The number of carboxylic acid groups (broad SMARTS) is 1. The number of benzene rings is 2. The minimum atomic E-state index is -1.06. The quantitative estimate of drug-likeness (QED) is 0.489. The van der Waals surface area contributed by atoms with E-state index in [1.165, 1.54) is 6.21 Å². The summed E-state index contributed by atoms with van der Waals surface area (Å²) in [7, 11) is 0. The highest BCUT2D eigenvalue weighted by Gasteiger charge is 2.32. The summed E-state index contributed by atoms with van der Waals surface area (Å²) in [6.07, 6.45) is 1.07. The molecule has 1 fully saturated rings. The summed E-state index contributed by atoms with van der Waals surface area (Å²) >= 11 is 13.5. The molecule has 2 aromatic rings. The number of ether oxygens (including phenoxy) is 1. The van der Waals surface area contributed by atoms with Gasteiger partial charge < -0.3 is 15.2 Å². The molecule has 1 saturated heterocycles. The molecule has 0 aliphatic carbocycles. The van der Waals surface area contributed by atoms with Gasteiger partial charge in [-0.05, 0) is 17.7 Å². The number of carbonyl (C=O) groups excluding carboxylic acids is 1. The van der Waals surface area contributed by atoms with Crippen LogP contribution in [-0.4, -0.2) is 33.6 Å². The van der Waals surface area contributed by atoms with Gasteiger partial charge in [-0.2, -0.15) is 5.10 Å². The molecule has 0 aromatic heterocycles. The lowest BCUT2D eigenvalue weighted by molar-refractivity contribution is -0.138. The van der Waals surface area contributed by atoms with Crippen molar-refractivity contribution < 1.29 is 19.4 Å². The Morgan fingerprint density at radius 1 is 1.24 bits per heavy atom. The van der Waals surface area contributed by atoms with Crippen molar-refractivity contribution in [2.45, 2.75) is 18.3 Å². The highest BCUT2D eigenvalue weighted by Crippen LogP contribution is 2.30. The molecular weight excluding hydrogens is 437 g/mol. The number of nitrogens with zero attached hydrogens (tertiary/aromatic N) is 2. The second-order valence-corrected chi connectivity index (χ2v) is 7.92. The zero-order valence-electron chi connectivity index (χ0n) is 14.8. The number of hydrogen-bond donors (Lipinski definition) is 2. The van der Waals surface area contributed by atoms with Gasteiger partial charge in [0.2, 0.25) is 5.91 Å². The number of carbonyl (C=O) groups is 2. The summed E-state index contributed by atoms with van der Waals surface area (Å²) in [4.78, 5) is 22.4. The van der Waals surface area contributed by atoms with Gasteiger partial charge in [-0.3, -0.25) is 9.59 Å². The van der Waals surface area contributed by atoms with Gasteiger partial charge in [0.15, 0.2) is 5.17 Å². The standard InChI is InChI=1S/C19H15Cl2N3O4S/c20-14-6-12(28-10-11-4-2-1-3-5-11)7-15(21)13(14)9-22-24-19-23-18(27)16(29-19)8-17(25)26/h1-7,9,16H,8,10H2,(H,25,26)(H,23,24,27). The van der Waals surface area contributed by atoms with E-state index in [4.69, 9.17) is 33.0 Å². The van der Waals surface area contributed by atoms with Crippen LogP contribution in [0.3, 0.4) is 0 Å². The number of hydrogen-bond acceptors (Lipinski definition) is 6. The smallest absolute Gasteiger partial charge is 0.305 e. The molecule has 1 aliphatic heterocycles. The molecule has 1 amide bonds. The van der Waals surface area contributed by atoms with E-state index < -0.39 is 17.1 Å². The van der Waals surface area contributed by atoms with E-state index in [0.29, 0.717) is 28.0 Å². The van der Waals surface area contributed by atoms with Crippen molar-refractivity contribution >= 4 is 58.2 Å². The second-order valence-electron chi connectivity index (χ2n) is 5.92. The van der Waals surface area contributed by atoms with Crippen LogP contribution in [0.5, 0.6) is 5.75 Å². The molecule has 0 bridgehead atoms. The number of amidine groups is 1. The zero-order chi connectivity index (χ0) is 20.8. The predicted octanol–water partition coefficient (Wildman–Crippen LogP) is 3.97. The average molecular weight is 452 g/mol. The highest BCUT2D eigenvalue weighted by molar-refractivity contribution is 8.15. The Kier molecular flexibility index (Phi) is 7.13. The first-order chi connectivity index (χ1) is 13.9. The number of carboxylic acids is 1. The van der Waals surface area contributed by atoms with Gasteiger partial charge in [0.25, 0.3) is 0 Å². The van der Waals surface area contributed by atoms with E-state index >= 15 is 0 Å². The fraction of sp³-hybridized carbons (Fsp3) is 0.158. The summed E-state index contributed by atoms with van der Waals surface area (Å²) in [5, 5.41) is 19.2. The van der Waals surface area contributed by atoms with Crippen LogP contribution >= 0.6 is 35.0 Å². The van der Waals surface area contributed by atoms with Crippen molar-refractivity contribution in [2.75, 3.05) is 0 Å². The molecule has 2 aromatic carbocycles. The van der Waals surface area contributed by atoms with E-state index in [-0.39, 0.29) is 11.6 Å². The Morgan fingerprint density at radius 2 is 1.93 bits per heavy atom. The number of halogens is 2. The molecule has 1 atom stereocenters. The van der Waals surface area contributed by atoms with Crippen LogP contribution in [0.15, 0.2) is 52.7 Å². The molecule has 150 valence electrons. The number of thioether (sulfide) groups is 1. The third-order valence-electron chi connectivity index (χ3n) is 3.77. The van der Waals surface area contributed by atoms with E-state index in [0.717, 1.165) is 17.3 Å². The maximum absolute atomic E-state index is 11.7. The van der Waals surface area contributed by atoms with Gasteiger partial charge in [-0.15, -0.1) is 5.10 Å². The van der Waals surface area contributed by atoms with Crippen LogP contribution < -0.4 is 10.1 Å². The number of nitrogens with one attached hydrogen (secondary N) is 1. The number of rotatable bonds is 7. The van der Waals surface area contributed by atoms with E-state index in [9.17, 15) is 9.59 Å². The van der Waals surface area contributed by atoms with Crippen molar-refractivity contribution in [3.8, 4) is 5.75 Å². The van der Waals surface area contributed by atoms with Crippen LogP contribution in [-0.2, 0) is 16.2 Å². The minimum Gasteiger partial charge on any atom is -0.489 e. The van der Waals surface area contributed by atoms with E-state index in [1.54, 1.807) is 12.1 Å². The molecular formula is C19H15Cl2N3O4S. The van der Waals surface area contributed by atoms with Crippen molar-refractivity contribution in [3.05, 3.63) is 63.6 Å². The first kappa shape index (κ1) is 21.2. The maximum atomic E-state index is 11.7. The van der Waals surface area contributed by atoms with Crippen LogP contribution in [0.2, 0.25) is 10.0 Å². The molecule has 1 aliphatic rings. The van der Waals surface area contributed by atoms with E-state index in [2.05, 4.69) is 15.5 Å². The lowest BCUT2D eigenvalue weighted by atomic mass is 10.2. The predicted molar refractivity (Wildman–Crippen MR) is 114 cm³/mol. The van der Waals surface area contributed by atoms with Gasteiger partial charge >= 0.3 is 5.97 Å². The Bertz CT molecular complexity index is 960. The summed E-state index contributed by atoms with van der Waals surface area (Å²) in [5.74, 6) is -0.958. The van der Waals surface area contributed by atoms with Crippen LogP contribution in [0.4, 0.5) is 0 Å². The molecule has 1 unspecified atom stereocenters. The molecule has 0 spiro atoms. The molecule has 0 saturated carbocycles. The lowest BCUT2D eigenvalue weighted by Gasteiger charge is -2.09. The summed E-state index contributed by atoms with van der Waals surface area (Å²) in [5.41, 5.74) is 1.46. The maximum Gasteiger partial charge on any atom is 0.305 e. The minimum absolute atomic E-state index is 0.215. The zero-order valence-corrected chi connectivity index (χ0v) is 17.2. The first-order valence-electron chi connectivity index (χ1n) is 8.38. The van der Waals surface area contributed by atoms with Gasteiger partial charge in [0, 0.05) is 5.56 Å². The Hall–Kier alpha value is -2.55. The van der Waals surface area contributed by atoms with Gasteiger partial charge in [0.05, 0.1) is 22.7 Å². The molecule has 3 rings (SSSR count). The normalized spacial score (nSPS) is 17.7. The average Bonchev–Trinajstić information content (AvgIpc) is 3.01. The van der Waals surface area contributed by atoms with Crippen LogP contribution in [0.1, 0.15) is 17.5 Å². The fourth-order valence-electron chi connectivity index (χ4n) is 2.39. The SMILES string of the molecule is O=C(O)CC1SC(=NN=Cc2c(Cl)cc(OCc3ccccc3)cc2Cl)NC1=O. The first-order valence-corrected chi connectivity index (χ1v) is 10.0. The lowest BCUT2D eigenvalue weighted by Crippen LogP contribution is -2.26. The third kappa shape index (κ3) is 5.96. The molecule has 29 heavy (non-hydrogen) atoms. The van der Waals surface area contributed by atoms with Crippen molar-refractivity contribution in [1.82, 2.24) is 5.32 Å². The Morgan fingerprint density at radius 3 is 2.59 bits per heavy atom. The van der Waals surface area contributed by atoms with Gasteiger partial charge in [-0.25, -0.2) is 0 Å². The highest BCUT2D eigenvalue weighted by atomic mass is 35.5. The number of amides is 1. The number of aliphatic carboxylic acids is 1. The molecule has 10 heteroatoms. The summed E-state index contributed by atoms with van der Waals surface area (Å²) < 4.78 is 5.71. The Balaban J connectivity index is 1.65. The van der Waals surface area contributed by atoms with Gasteiger partial charge in [-0.1, -0.05) is 65.3 Å². The van der Waals surface area contributed by atoms with Crippen molar-refractivity contribution in [1.29, 1.82) is 0 Å². The topological polar surface area (TPSA) is 100 Å². The molecule has 1 heterocycles. The van der Waals surface area contributed by atoms with Gasteiger partial charge in [0.1, 0.15) is 17.6 Å². The summed E-state index contributed by atoms with van der Waals surface area (Å²) in [6, 6.07) is 12.9. The van der Waals surface area contributed by atoms with Crippen LogP contribution in [0, 0.1) is 0 Å². The van der Waals surface area contributed by atoms with E-state index in [1.807, 2.05) is 30.3 Å². The second kappa shape index (κ2) is 9.78. The summed E-state index contributed by atoms with van der Waals surface area (Å²) in [6.45, 7) is 0.378. The molecule has 2 N–H and O–H groups in total. The van der Waals surface area contributed by atoms with Crippen LogP contribution in [0.25, 0.3) is 0 Å². The fourth-order valence-corrected chi connectivity index (χ4v) is 3.87. The largest absolute Gasteiger partial charge is 0.489 e. The van der Waals surface area contributed by atoms with Crippen molar-refractivity contribution in [3.63, 3.8) is 0 Å². The third-order valence-corrected chi connectivity index (χ3v) is 5.47. The molecule has 0 radical (unpaired) electrons. The Labute approximate surface area is 180 Å². The monoisotopic (exact) mass is 451 g/mol. The molecule has 7 nitrogen and oxygen atoms in total.